The summed E-state index contributed by atoms with van der Waals surface area (Å²) < 4.78 is 1.90. The quantitative estimate of drug-likeness (QED) is 0.528. The number of para-hydroxylation sites is 1. The van der Waals surface area contributed by atoms with Crippen molar-refractivity contribution in [2.45, 2.75) is 0 Å². The number of nitrogens with zero attached hydrogens (tertiary/aromatic N) is 5. The zero-order chi connectivity index (χ0) is 13.5. The molecule has 96 valence electrons. The van der Waals surface area contributed by atoms with E-state index in [1.54, 1.807) is 18.7 Å². The number of hydrogen-bond donors (Lipinski definition) is 0. The van der Waals surface area contributed by atoms with Crippen molar-refractivity contribution in [1.82, 2.24) is 24.5 Å². The standard InChI is InChI=1S/C15H11N5/c1-20-9-18-15-12(20)8-17-14(19-15)11-6-2-4-10-5-3-7-16-13(10)11/h2-9H,1H3. The number of pyridine rings is 1. The molecule has 0 atom stereocenters. The lowest BCUT2D eigenvalue weighted by Gasteiger charge is -2.04. The summed E-state index contributed by atoms with van der Waals surface area (Å²) in [5.74, 6) is 0.653. The van der Waals surface area contributed by atoms with Crippen LogP contribution in [-0.4, -0.2) is 24.5 Å². The molecule has 4 rings (SSSR count). The third-order valence-corrected chi connectivity index (χ3v) is 3.36. The summed E-state index contributed by atoms with van der Waals surface area (Å²) in [5.41, 5.74) is 3.45. The van der Waals surface area contributed by atoms with Crippen molar-refractivity contribution in [2.75, 3.05) is 0 Å². The summed E-state index contributed by atoms with van der Waals surface area (Å²) in [6, 6.07) is 9.97. The average Bonchev–Trinajstić information content (AvgIpc) is 2.87. The molecule has 0 aliphatic rings. The molecular formula is C15H11N5. The summed E-state index contributed by atoms with van der Waals surface area (Å²) in [6.45, 7) is 0. The summed E-state index contributed by atoms with van der Waals surface area (Å²) in [4.78, 5) is 17.7. The molecule has 5 nitrogen and oxygen atoms in total. The van der Waals surface area contributed by atoms with Gasteiger partial charge in [-0.1, -0.05) is 18.2 Å². The molecule has 0 spiro atoms. The normalized spacial score (nSPS) is 11.2. The van der Waals surface area contributed by atoms with E-state index in [9.17, 15) is 0 Å². The van der Waals surface area contributed by atoms with Gasteiger partial charge in [-0.2, -0.15) is 0 Å². The number of rotatable bonds is 1. The van der Waals surface area contributed by atoms with Crippen molar-refractivity contribution in [1.29, 1.82) is 0 Å². The molecule has 4 aromatic rings. The molecule has 0 bridgehead atoms. The van der Waals surface area contributed by atoms with Gasteiger partial charge in [0, 0.05) is 24.2 Å². The molecule has 0 saturated heterocycles. The van der Waals surface area contributed by atoms with Crippen molar-refractivity contribution in [3.8, 4) is 11.4 Å². The van der Waals surface area contributed by atoms with Gasteiger partial charge in [-0.3, -0.25) is 4.98 Å². The molecule has 0 aliphatic heterocycles. The largest absolute Gasteiger partial charge is 0.331 e. The zero-order valence-electron chi connectivity index (χ0n) is 10.9. The van der Waals surface area contributed by atoms with Crippen molar-refractivity contribution in [3.63, 3.8) is 0 Å². The highest BCUT2D eigenvalue weighted by Gasteiger charge is 2.09. The Morgan fingerprint density at radius 1 is 1.00 bits per heavy atom. The van der Waals surface area contributed by atoms with Gasteiger partial charge in [-0.25, -0.2) is 15.0 Å². The van der Waals surface area contributed by atoms with Gasteiger partial charge in [0.15, 0.2) is 11.5 Å². The number of aromatic nitrogens is 5. The van der Waals surface area contributed by atoms with Crippen molar-refractivity contribution < 1.29 is 0 Å². The van der Waals surface area contributed by atoms with E-state index in [1.165, 1.54) is 0 Å². The second-order valence-electron chi connectivity index (χ2n) is 4.64. The van der Waals surface area contributed by atoms with E-state index in [0.717, 1.165) is 22.0 Å². The second kappa shape index (κ2) is 4.09. The van der Waals surface area contributed by atoms with Crippen LogP contribution in [0.15, 0.2) is 49.1 Å². The van der Waals surface area contributed by atoms with Gasteiger partial charge >= 0.3 is 0 Å². The van der Waals surface area contributed by atoms with Crippen molar-refractivity contribution in [3.05, 3.63) is 49.1 Å². The zero-order valence-corrected chi connectivity index (χ0v) is 10.9. The van der Waals surface area contributed by atoms with Crippen molar-refractivity contribution >= 4 is 22.1 Å². The SMILES string of the molecule is Cn1cnc2nc(-c3cccc4cccnc34)ncc21. The molecule has 1 aromatic carbocycles. The molecule has 0 fully saturated rings. The highest BCUT2D eigenvalue weighted by molar-refractivity contribution is 5.92. The van der Waals surface area contributed by atoms with Gasteiger partial charge in [-0.05, 0) is 12.1 Å². The summed E-state index contributed by atoms with van der Waals surface area (Å²) in [6.07, 6.45) is 5.32. The number of imidazole rings is 1. The molecule has 0 saturated carbocycles. The average molecular weight is 261 g/mol. The molecule has 20 heavy (non-hydrogen) atoms. The van der Waals surface area contributed by atoms with E-state index in [0.29, 0.717) is 11.5 Å². The van der Waals surface area contributed by atoms with Gasteiger partial charge in [0.05, 0.1) is 18.0 Å². The smallest absolute Gasteiger partial charge is 0.181 e. The molecule has 0 aliphatic carbocycles. The Morgan fingerprint density at radius 2 is 1.90 bits per heavy atom. The summed E-state index contributed by atoms with van der Waals surface area (Å²) in [5, 5.41) is 1.08. The van der Waals surface area contributed by atoms with Crippen LogP contribution in [0.25, 0.3) is 33.5 Å². The fourth-order valence-electron chi connectivity index (χ4n) is 2.33. The van der Waals surface area contributed by atoms with Crippen LogP contribution in [0, 0.1) is 0 Å². The van der Waals surface area contributed by atoms with Gasteiger partial charge in [0.1, 0.15) is 5.52 Å². The van der Waals surface area contributed by atoms with Gasteiger partial charge in [-0.15, -0.1) is 0 Å². The van der Waals surface area contributed by atoms with Crippen LogP contribution in [0.3, 0.4) is 0 Å². The number of fused-ring (bicyclic) bond motifs is 2. The highest BCUT2D eigenvalue weighted by Crippen LogP contribution is 2.24. The monoisotopic (exact) mass is 261 g/mol. The lowest BCUT2D eigenvalue weighted by molar-refractivity contribution is 0.944. The van der Waals surface area contributed by atoms with Crippen LogP contribution in [0.4, 0.5) is 0 Å². The number of benzene rings is 1. The lowest BCUT2D eigenvalue weighted by Crippen LogP contribution is -1.93. The first-order chi connectivity index (χ1) is 9.83. The van der Waals surface area contributed by atoms with Crippen LogP contribution < -0.4 is 0 Å². The van der Waals surface area contributed by atoms with E-state index >= 15 is 0 Å². The minimum absolute atomic E-state index is 0.653. The maximum absolute atomic E-state index is 4.53. The van der Waals surface area contributed by atoms with Crippen LogP contribution in [-0.2, 0) is 7.05 Å². The minimum Gasteiger partial charge on any atom is -0.331 e. The topological polar surface area (TPSA) is 56.5 Å². The molecule has 0 unspecified atom stereocenters. The van der Waals surface area contributed by atoms with E-state index < -0.39 is 0 Å². The third-order valence-electron chi connectivity index (χ3n) is 3.36. The third kappa shape index (κ3) is 1.56. The number of hydrogen-bond acceptors (Lipinski definition) is 4. The fourth-order valence-corrected chi connectivity index (χ4v) is 2.33. The Morgan fingerprint density at radius 3 is 2.85 bits per heavy atom. The van der Waals surface area contributed by atoms with E-state index in [4.69, 9.17) is 0 Å². The molecule has 5 heteroatoms. The fraction of sp³-hybridized carbons (Fsp3) is 0.0667. The molecule has 0 amide bonds. The van der Waals surface area contributed by atoms with Gasteiger partial charge in [0.2, 0.25) is 0 Å². The maximum Gasteiger partial charge on any atom is 0.181 e. The lowest BCUT2D eigenvalue weighted by atomic mass is 10.1. The second-order valence-corrected chi connectivity index (χ2v) is 4.64. The Kier molecular flexibility index (Phi) is 2.26. The molecule has 0 N–H and O–H groups in total. The van der Waals surface area contributed by atoms with Crippen LogP contribution in [0.5, 0.6) is 0 Å². The predicted octanol–water partition coefficient (Wildman–Crippen LogP) is 2.58. The van der Waals surface area contributed by atoms with E-state index in [1.807, 2.05) is 41.9 Å². The van der Waals surface area contributed by atoms with E-state index in [-0.39, 0.29) is 0 Å². The van der Waals surface area contributed by atoms with Crippen LogP contribution in [0.2, 0.25) is 0 Å². The first kappa shape index (κ1) is 11.0. The highest BCUT2D eigenvalue weighted by atomic mass is 15.1. The molecular weight excluding hydrogens is 250 g/mol. The Balaban J connectivity index is 2.01. The Hall–Kier alpha value is -2.82. The van der Waals surface area contributed by atoms with Crippen molar-refractivity contribution in [2.24, 2.45) is 7.05 Å². The first-order valence-corrected chi connectivity index (χ1v) is 6.31. The summed E-state index contributed by atoms with van der Waals surface area (Å²) in [7, 11) is 1.93. The van der Waals surface area contributed by atoms with Gasteiger partial charge in [0.25, 0.3) is 0 Å². The molecule has 3 aromatic heterocycles. The Bertz CT molecular complexity index is 921. The Labute approximate surface area is 115 Å². The van der Waals surface area contributed by atoms with Crippen LogP contribution in [0.1, 0.15) is 0 Å². The predicted molar refractivity (Wildman–Crippen MR) is 77.0 cm³/mol. The molecule has 0 radical (unpaired) electrons. The maximum atomic E-state index is 4.53. The summed E-state index contributed by atoms with van der Waals surface area (Å²) >= 11 is 0. The first-order valence-electron chi connectivity index (χ1n) is 6.31. The van der Waals surface area contributed by atoms with E-state index in [2.05, 4.69) is 19.9 Å². The minimum atomic E-state index is 0.653. The number of aryl methyl sites for hydroxylation is 1. The molecule has 3 heterocycles. The van der Waals surface area contributed by atoms with Crippen LogP contribution >= 0.6 is 0 Å². The van der Waals surface area contributed by atoms with Gasteiger partial charge < -0.3 is 4.57 Å².